The second-order valence-corrected chi connectivity index (χ2v) is 8.73. The summed E-state index contributed by atoms with van der Waals surface area (Å²) in [6, 6.07) is 20.2. The van der Waals surface area contributed by atoms with Crippen LogP contribution in [0, 0.1) is 10.1 Å². The van der Waals surface area contributed by atoms with Gasteiger partial charge in [-0.2, -0.15) is 4.68 Å². The molecule has 0 aliphatic carbocycles. The van der Waals surface area contributed by atoms with Crippen LogP contribution in [0.3, 0.4) is 0 Å². The van der Waals surface area contributed by atoms with E-state index < -0.39 is 10.5 Å². The van der Waals surface area contributed by atoms with Gasteiger partial charge in [-0.3, -0.25) is 20.0 Å². The van der Waals surface area contributed by atoms with Crippen molar-refractivity contribution in [3.05, 3.63) is 98.6 Å². The Morgan fingerprint density at radius 2 is 1.66 bits per heavy atom. The monoisotopic (exact) mass is 528 g/mol. The van der Waals surface area contributed by atoms with E-state index >= 15 is 0 Å². The second kappa shape index (κ2) is 10.5. The summed E-state index contributed by atoms with van der Waals surface area (Å²) in [7, 11) is 3.11. The van der Waals surface area contributed by atoms with Crippen LogP contribution in [0.1, 0.15) is 0 Å². The predicted octanol–water partition coefficient (Wildman–Crippen LogP) is 6.30. The fourth-order valence-corrected chi connectivity index (χ4v) is 4.48. The molecule has 0 fully saturated rings. The van der Waals surface area contributed by atoms with E-state index in [0.717, 1.165) is 11.3 Å². The summed E-state index contributed by atoms with van der Waals surface area (Å²) in [5, 5.41) is 24.9. The van der Waals surface area contributed by atoms with E-state index in [0.29, 0.717) is 33.5 Å². The van der Waals surface area contributed by atoms with Crippen molar-refractivity contribution < 1.29 is 14.4 Å². The number of methoxy groups -OCH3 is 2. The van der Waals surface area contributed by atoms with Crippen molar-refractivity contribution >= 4 is 28.4 Å². The molecule has 5 rings (SSSR count). The molecule has 0 saturated carbocycles. The molecule has 2 heterocycles. The van der Waals surface area contributed by atoms with Gasteiger partial charge in [-0.15, -0.1) is 21.6 Å². The van der Waals surface area contributed by atoms with E-state index in [2.05, 4.69) is 20.3 Å². The topological polar surface area (TPSA) is 137 Å². The molecule has 0 radical (unpaired) electrons. The Balaban J connectivity index is 1.59. The Hall–Kier alpha value is -5.10. The lowest BCUT2D eigenvalue weighted by molar-refractivity contribution is -0.384. The number of aromatic nitrogens is 3. The number of nitro groups is 1. The summed E-state index contributed by atoms with van der Waals surface area (Å²) < 4.78 is 11.8. The van der Waals surface area contributed by atoms with Crippen LogP contribution in [0.15, 0.2) is 93.2 Å². The predicted molar refractivity (Wildman–Crippen MR) is 143 cm³/mol. The molecule has 2 aromatic heterocycles. The minimum atomic E-state index is -0.490. The van der Waals surface area contributed by atoms with Crippen molar-refractivity contribution in [3.63, 3.8) is 0 Å². The quantitative estimate of drug-likeness (QED) is 0.143. The van der Waals surface area contributed by atoms with E-state index in [1.54, 1.807) is 43.5 Å². The number of azo groups is 1. The molecule has 0 bridgehead atoms. The van der Waals surface area contributed by atoms with Crippen LogP contribution in [0.25, 0.3) is 27.6 Å². The standard InChI is InChI=1S/C26H20N6O5S/c1-36-19-13-9-16(10-14-19)21-15-38-26(27-21)31-25(33)24(29-28-20-5-3-4-6-22(20)37-2)23(30-31)17-7-11-18(12-8-17)32(34)35/h3-15,30H,1-2H3. The number of thiazole rings is 1. The average Bonchev–Trinajstić information content (AvgIpc) is 3.57. The van der Waals surface area contributed by atoms with E-state index in [1.165, 1.54) is 35.3 Å². The van der Waals surface area contributed by atoms with Gasteiger partial charge in [0.05, 0.1) is 30.5 Å². The Bertz CT molecular complexity index is 1690. The number of nitrogens with zero attached hydrogens (tertiary/aromatic N) is 5. The lowest BCUT2D eigenvalue weighted by atomic mass is 10.1. The summed E-state index contributed by atoms with van der Waals surface area (Å²) in [6.45, 7) is 0. The van der Waals surface area contributed by atoms with Gasteiger partial charge in [0.1, 0.15) is 17.2 Å². The number of ether oxygens (including phenoxy) is 2. The van der Waals surface area contributed by atoms with Crippen molar-refractivity contribution in [1.82, 2.24) is 14.8 Å². The third-order valence-corrected chi connectivity index (χ3v) is 6.47. The molecular weight excluding hydrogens is 508 g/mol. The Morgan fingerprint density at radius 1 is 0.947 bits per heavy atom. The fraction of sp³-hybridized carbons (Fsp3) is 0.0769. The van der Waals surface area contributed by atoms with Gasteiger partial charge in [-0.1, -0.05) is 12.1 Å². The Morgan fingerprint density at radius 3 is 2.34 bits per heavy atom. The molecule has 0 amide bonds. The molecule has 0 aliphatic rings. The number of nitro benzene ring substituents is 1. The Labute approximate surface area is 219 Å². The first kappa shape index (κ1) is 24.6. The summed E-state index contributed by atoms with van der Waals surface area (Å²) in [5.41, 5.74) is 2.31. The van der Waals surface area contributed by atoms with E-state index in [4.69, 9.17) is 9.47 Å². The van der Waals surface area contributed by atoms with Gasteiger partial charge < -0.3 is 9.47 Å². The maximum atomic E-state index is 13.5. The first-order chi connectivity index (χ1) is 18.5. The van der Waals surface area contributed by atoms with Gasteiger partial charge in [0, 0.05) is 28.6 Å². The SMILES string of the molecule is COc1ccc(-c2csc(-n3[nH]c(-c4ccc([N+](=O)[O-])cc4)c(N=Nc4ccccc4OC)c3=O)n2)cc1. The van der Waals surface area contributed by atoms with Crippen molar-refractivity contribution in [2.45, 2.75) is 0 Å². The number of nitrogens with one attached hydrogen (secondary N) is 1. The summed E-state index contributed by atoms with van der Waals surface area (Å²) in [6.07, 6.45) is 0. The average molecular weight is 529 g/mol. The van der Waals surface area contributed by atoms with Crippen molar-refractivity contribution in [3.8, 4) is 39.1 Å². The first-order valence-corrected chi connectivity index (χ1v) is 12.1. The second-order valence-electron chi connectivity index (χ2n) is 7.90. The number of hydrogen-bond donors (Lipinski definition) is 1. The van der Waals surface area contributed by atoms with Gasteiger partial charge in [-0.05, 0) is 48.5 Å². The van der Waals surface area contributed by atoms with E-state index in [9.17, 15) is 14.9 Å². The lowest BCUT2D eigenvalue weighted by Gasteiger charge is -2.02. The molecule has 190 valence electrons. The maximum absolute atomic E-state index is 13.5. The molecule has 0 aliphatic heterocycles. The number of rotatable bonds is 8. The van der Waals surface area contributed by atoms with Crippen LogP contribution in [-0.2, 0) is 0 Å². The largest absolute Gasteiger partial charge is 0.497 e. The molecule has 1 N–H and O–H groups in total. The molecule has 38 heavy (non-hydrogen) atoms. The first-order valence-electron chi connectivity index (χ1n) is 11.2. The van der Waals surface area contributed by atoms with Crippen molar-refractivity contribution in [1.29, 1.82) is 0 Å². The Kier molecular flexibility index (Phi) is 6.78. The molecule has 3 aromatic carbocycles. The van der Waals surface area contributed by atoms with Crippen LogP contribution in [-0.4, -0.2) is 33.9 Å². The number of non-ortho nitro benzene ring substituents is 1. The van der Waals surface area contributed by atoms with Crippen LogP contribution in [0.4, 0.5) is 17.1 Å². The normalized spacial score (nSPS) is 11.1. The molecule has 5 aromatic rings. The molecule has 0 saturated heterocycles. The molecule has 11 nitrogen and oxygen atoms in total. The molecule has 0 unspecified atom stereocenters. The zero-order valence-electron chi connectivity index (χ0n) is 20.2. The number of benzene rings is 3. The van der Waals surface area contributed by atoms with Gasteiger partial charge >= 0.3 is 5.56 Å². The number of hydrogen-bond acceptors (Lipinski definition) is 9. The van der Waals surface area contributed by atoms with Gasteiger partial charge in [0.25, 0.3) is 5.69 Å². The van der Waals surface area contributed by atoms with E-state index in [1.807, 2.05) is 29.6 Å². The fourth-order valence-electron chi connectivity index (χ4n) is 3.68. The summed E-state index contributed by atoms with van der Waals surface area (Å²) in [4.78, 5) is 28.8. The van der Waals surface area contributed by atoms with Crippen LogP contribution in [0.2, 0.25) is 0 Å². The summed E-state index contributed by atoms with van der Waals surface area (Å²) in [5.74, 6) is 1.22. The lowest BCUT2D eigenvalue weighted by Crippen LogP contribution is -2.13. The molecule has 0 spiro atoms. The van der Waals surface area contributed by atoms with Crippen molar-refractivity contribution in [2.24, 2.45) is 10.2 Å². The van der Waals surface area contributed by atoms with Crippen LogP contribution in [0.5, 0.6) is 11.5 Å². The minimum Gasteiger partial charge on any atom is -0.497 e. The van der Waals surface area contributed by atoms with Gasteiger partial charge in [-0.25, -0.2) is 4.98 Å². The molecule has 0 atom stereocenters. The van der Waals surface area contributed by atoms with Gasteiger partial charge in [0.2, 0.25) is 5.13 Å². The third-order valence-electron chi connectivity index (χ3n) is 5.64. The smallest absolute Gasteiger partial charge is 0.301 e. The van der Waals surface area contributed by atoms with Crippen molar-refractivity contribution in [2.75, 3.05) is 14.2 Å². The minimum absolute atomic E-state index is 0.0194. The third kappa shape index (κ3) is 4.80. The number of H-pyrrole nitrogens is 1. The molecular formula is C26H20N6O5S. The number of aromatic amines is 1. The zero-order valence-corrected chi connectivity index (χ0v) is 21.0. The molecule has 12 heteroatoms. The van der Waals surface area contributed by atoms with Crippen LogP contribution >= 0.6 is 11.3 Å². The summed E-state index contributed by atoms with van der Waals surface area (Å²) >= 11 is 1.27. The number of para-hydroxylation sites is 1. The highest BCUT2D eigenvalue weighted by Crippen LogP contribution is 2.33. The zero-order chi connectivity index (χ0) is 26.6. The highest BCUT2D eigenvalue weighted by Gasteiger charge is 2.20. The highest BCUT2D eigenvalue weighted by molar-refractivity contribution is 7.12. The maximum Gasteiger partial charge on any atom is 0.301 e. The highest BCUT2D eigenvalue weighted by atomic mass is 32.1. The van der Waals surface area contributed by atoms with Crippen LogP contribution < -0.4 is 15.0 Å². The van der Waals surface area contributed by atoms with E-state index in [-0.39, 0.29) is 11.4 Å². The van der Waals surface area contributed by atoms with Gasteiger partial charge in [0.15, 0.2) is 5.69 Å².